The molecule has 1 atom stereocenters. The Bertz CT molecular complexity index is 454. The summed E-state index contributed by atoms with van der Waals surface area (Å²) in [5.41, 5.74) is 2.05. The van der Waals surface area contributed by atoms with Crippen LogP contribution in [0.2, 0.25) is 0 Å². The highest BCUT2D eigenvalue weighted by Gasteiger charge is 2.21. The maximum Gasteiger partial charge on any atom is 0.308 e. The predicted octanol–water partition coefficient (Wildman–Crippen LogP) is 2.01. The number of carboxylic acids is 1. The van der Waals surface area contributed by atoms with Gasteiger partial charge in [-0.2, -0.15) is 0 Å². The minimum Gasteiger partial charge on any atom is -0.481 e. The number of benzene rings is 1. The van der Waals surface area contributed by atoms with Gasteiger partial charge in [0.05, 0.1) is 12.3 Å². The lowest BCUT2D eigenvalue weighted by atomic mass is 9.96. The molecule has 1 aromatic rings. The first-order valence-electron chi connectivity index (χ1n) is 6.45. The molecule has 4 heteroatoms. The SMILES string of the molecule is Cc1cccc(CC(=O)NCC(C(=O)O)C(C)C)c1. The number of hydrogen-bond acceptors (Lipinski definition) is 2. The van der Waals surface area contributed by atoms with Crippen molar-refractivity contribution in [2.45, 2.75) is 27.2 Å². The van der Waals surface area contributed by atoms with Crippen LogP contribution in [0, 0.1) is 18.8 Å². The van der Waals surface area contributed by atoms with Gasteiger partial charge >= 0.3 is 5.97 Å². The van der Waals surface area contributed by atoms with Gasteiger partial charge in [-0.25, -0.2) is 0 Å². The summed E-state index contributed by atoms with van der Waals surface area (Å²) in [5.74, 6) is -1.55. The predicted molar refractivity (Wildman–Crippen MR) is 73.9 cm³/mol. The van der Waals surface area contributed by atoms with E-state index in [0.717, 1.165) is 11.1 Å². The van der Waals surface area contributed by atoms with Crippen molar-refractivity contribution in [3.05, 3.63) is 35.4 Å². The summed E-state index contributed by atoms with van der Waals surface area (Å²) in [4.78, 5) is 22.8. The number of carboxylic acid groups (broad SMARTS) is 1. The van der Waals surface area contributed by atoms with E-state index in [1.807, 2.05) is 45.0 Å². The molecular weight excluding hydrogens is 242 g/mol. The van der Waals surface area contributed by atoms with E-state index in [0.29, 0.717) is 0 Å². The van der Waals surface area contributed by atoms with Gasteiger partial charge in [-0.15, -0.1) is 0 Å². The fourth-order valence-electron chi connectivity index (χ4n) is 1.90. The van der Waals surface area contributed by atoms with E-state index in [1.54, 1.807) is 0 Å². The maximum atomic E-state index is 11.8. The molecule has 104 valence electrons. The topological polar surface area (TPSA) is 66.4 Å². The van der Waals surface area contributed by atoms with Crippen LogP contribution in [0.15, 0.2) is 24.3 Å². The van der Waals surface area contributed by atoms with Crippen LogP contribution >= 0.6 is 0 Å². The third-order valence-corrected chi connectivity index (χ3v) is 3.09. The fourth-order valence-corrected chi connectivity index (χ4v) is 1.90. The van der Waals surface area contributed by atoms with Gasteiger partial charge in [-0.3, -0.25) is 9.59 Å². The molecule has 0 spiro atoms. The Labute approximate surface area is 113 Å². The Morgan fingerprint density at radius 3 is 2.53 bits per heavy atom. The lowest BCUT2D eigenvalue weighted by molar-refractivity contribution is -0.143. The molecule has 4 nitrogen and oxygen atoms in total. The summed E-state index contributed by atoms with van der Waals surface area (Å²) in [6.07, 6.45) is 0.284. The smallest absolute Gasteiger partial charge is 0.308 e. The standard InChI is InChI=1S/C15H21NO3/c1-10(2)13(15(18)19)9-16-14(17)8-12-6-4-5-11(3)7-12/h4-7,10,13H,8-9H2,1-3H3,(H,16,17)(H,18,19). The van der Waals surface area contributed by atoms with Crippen LogP contribution in [0.4, 0.5) is 0 Å². The summed E-state index contributed by atoms with van der Waals surface area (Å²) in [6, 6.07) is 7.73. The molecule has 1 aromatic carbocycles. The average Bonchev–Trinajstić information content (AvgIpc) is 2.27. The first-order valence-corrected chi connectivity index (χ1v) is 6.45. The molecular formula is C15H21NO3. The molecule has 0 saturated carbocycles. The minimum atomic E-state index is -0.870. The third-order valence-electron chi connectivity index (χ3n) is 3.09. The number of aliphatic carboxylic acids is 1. The van der Waals surface area contributed by atoms with Crippen molar-refractivity contribution < 1.29 is 14.7 Å². The van der Waals surface area contributed by atoms with Crippen molar-refractivity contribution in [1.82, 2.24) is 5.32 Å². The van der Waals surface area contributed by atoms with Crippen molar-refractivity contribution in [2.24, 2.45) is 11.8 Å². The van der Waals surface area contributed by atoms with E-state index >= 15 is 0 Å². The molecule has 2 N–H and O–H groups in total. The van der Waals surface area contributed by atoms with Gasteiger partial charge in [0.15, 0.2) is 0 Å². The zero-order valence-electron chi connectivity index (χ0n) is 11.6. The van der Waals surface area contributed by atoms with Crippen molar-refractivity contribution >= 4 is 11.9 Å². The zero-order chi connectivity index (χ0) is 14.4. The number of aryl methyl sites for hydroxylation is 1. The summed E-state index contributed by atoms with van der Waals surface area (Å²) < 4.78 is 0. The van der Waals surface area contributed by atoms with Crippen LogP contribution < -0.4 is 5.32 Å². The molecule has 0 radical (unpaired) electrons. The van der Waals surface area contributed by atoms with Crippen LogP contribution in [-0.4, -0.2) is 23.5 Å². The molecule has 0 fully saturated rings. The fraction of sp³-hybridized carbons (Fsp3) is 0.467. The Kier molecular flexibility index (Phi) is 5.55. The Balaban J connectivity index is 2.50. The van der Waals surface area contributed by atoms with E-state index in [-0.39, 0.29) is 24.8 Å². The van der Waals surface area contributed by atoms with Crippen molar-refractivity contribution in [3.8, 4) is 0 Å². The Morgan fingerprint density at radius 1 is 1.32 bits per heavy atom. The van der Waals surface area contributed by atoms with Gasteiger partial charge in [-0.05, 0) is 18.4 Å². The van der Waals surface area contributed by atoms with Crippen molar-refractivity contribution in [2.75, 3.05) is 6.54 Å². The van der Waals surface area contributed by atoms with Gasteiger partial charge in [-0.1, -0.05) is 43.7 Å². The normalized spacial score (nSPS) is 12.2. The number of hydrogen-bond donors (Lipinski definition) is 2. The van der Waals surface area contributed by atoms with Crippen molar-refractivity contribution in [1.29, 1.82) is 0 Å². The Morgan fingerprint density at radius 2 is 2.00 bits per heavy atom. The molecule has 1 amide bonds. The molecule has 1 unspecified atom stereocenters. The molecule has 0 aliphatic heterocycles. The average molecular weight is 263 g/mol. The first kappa shape index (κ1) is 15.2. The summed E-state index contributed by atoms with van der Waals surface area (Å²) in [7, 11) is 0. The van der Waals surface area contributed by atoms with Gasteiger partial charge < -0.3 is 10.4 Å². The highest BCUT2D eigenvalue weighted by Crippen LogP contribution is 2.10. The second-order valence-electron chi connectivity index (χ2n) is 5.16. The molecule has 1 rings (SSSR count). The van der Waals surface area contributed by atoms with E-state index in [4.69, 9.17) is 5.11 Å². The van der Waals surface area contributed by atoms with Crippen LogP contribution in [0.3, 0.4) is 0 Å². The van der Waals surface area contributed by atoms with E-state index in [2.05, 4.69) is 5.32 Å². The van der Waals surface area contributed by atoms with E-state index in [1.165, 1.54) is 0 Å². The highest BCUT2D eigenvalue weighted by atomic mass is 16.4. The summed E-state index contributed by atoms with van der Waals surface area (Å²) in [6.45, 7) is 5.83. The zero-order valence-corrected chi connectivity index (χ0v) is 11.6. The van der Waals surface area contributed by atoms with Crippen LogP contribution in [0.25, 0.3) is 0 Å². The van der Waals surface area contributed by atoms with Crippen LogP contribution in [0.5, 0.6) is 0 Å². The van der Waals surface area contributed by atoms with Gasteiger partial charge in [0.1, 0.15) is 0 Å². The summed E-state index contributed by atoms with van der Waals surface area (Å²) in [5, 5.41) is 11.7. The van der Waals surface area contributed by atoms with Gasteiger partial charge in [0, 0.05) is 6.54 Å². The largest absolute Gasteiger partial charge is 0.481 e. The minimum absolute atomic E-state index is 0.00299. The quantitative estimate of drug-likeness (QED) is 0.825. The number of nitrogens with one attached hydrogen (secondary N) is 1. The van der Waals surface area contributed by atoms with E-state index < -0.39 is 11.9 Å². The third kappa shape index (κ3) is 5.12. The first-order chi connectivity index (χ1) is 8.90. The van der Waals surface area contributed by atoms with Crippen LogP contribution in [0.1, 0.15) is 25.0 Å². The van der Waals surface area contributed by atoms with Gasteiger partial charge in [0.25, 0.3) is 0 Å². The number of rotatable bonds is 6. The lowest BCUT2D eigenvalue weighted by Gasteiger charge is -2.16. The molecule has 0 aromatic heterocycles. The summed E-state index contributed by atoms with van der Waals surface area (Å²) >= 11 is 0. The molecule has 0 aliphatic rings. The molecule has 0 saturated heterocycles. The lowest BCUT2D eigenvalue weighted by Crippen LogP contribution is -2.36. The highest BCUT2D eigenvalue weighted by molar-refractivity contribution is 5.79. The van der Waals surface area contributed by atoms with Crippen LogP contribution in [-0.2, 0) is 16.0 Å². The number of carbonyl (C=O) groups excluding carboxylic acids is 1. The maximum absolute atomic E-state index is 11.8. The number of carbonyl (C=O) groups is 2. The number of amides is 1. The second kappa shape index (κ2) is 6.92. The Hall–Kier alpha value is -1.84. The van der Waals surface area contributed by atoms with Crippen molar-refractivity contribution in [3.63, 3.8) is 0 Å². The van der Waals surface area contributed by atoms with Gasteiger partial charge in [0.2, 0.25) is 5.91 Å². The molecule has 0 aliphatic carbocycles. The molecule has 19 heavy (non-hydrogen) atoms. The second-order valence-corrected chi connectivity index (χ2v) is 5.16. The molecule has 0 heterocycles. The monoisotopic (exact) mass is 263 g/mol. The van der Waals surface area contributed by atoms with E-state index in [9.17, 15) is 9.59 Å². The molecule has 0 bridgehead atoms.